The van der Waals surface area contributed by atoms with Gasteiger partial charge in [0.25, 0.3) is 5.56 Å². The lowest BCUT2D eigenvalue weighted by molar-refractivity contribution is 0.342. The van der Waals surface area contributed by atoms with E-state index in [-0.39, 0.29) is 17.0 Å². The summed E-state index contributed by atoms with van der Waals surface area (Å²) >= 11 is 0. The van der Waals surface area contributed by atoms with Crippen molar-refractivity contribution < 1.29 is 0 Å². The van der Waals surface area contributed by atoms with Crippen molar-refractivity contribution in [2.24, 2.45) is 5.92 Å². The van der Waals surface area contributed by atoms with Crippen molar-refractivity contribution in [1.29, 1.82) is 0 Å². The Morgan fingerprint density at radius 2 is 1.71 bits per heavy atom. The molecule has 3 nitrogen and oxygen atoms in total. The first-order valence-electron chi connectivity index (χ1n) is 6.48. The number of H-pyrrole nitrogens is 1. The zero-order valence-corrected chi connectivity index (χ0v) is 12.2. The molecule has 0 fully saturated rings. The Morgan fingerprint density at radius 1 is 1.18 bits per heavy atom. The summed E-state index contributed by atoms with van der Waals surface area (Å²) in [6.45, 7) is 14.7. The lowest BCUT2D eigenvalue weighted by Gasteiger charge is -2.19. The number of hydrogen-bond donors (Lipinski definition) is 1. The molecule has 17 heavy (non-hydrogen) atoms. The monoisotopic (exact) mass is 238 g/mol. The minimum Gasteiger partial charge on any atom is -0.299 e. The SMILES string of the molecule is CC(C)Cc1[nH]n(C(C)(C)C)c(=O)c1C(C)C. The van der Waals surface area contributed by atoms with Crippen molar-refractivity contribution >= 4 is 0 Å². The second-order valence-electron chi connectivity index (χ2n) is 6.57. The number of nitrogens with one attached hydrogen (secondary N) is 1. The molecule has 0 aliphatic heterocycles. The van der Waals surface area contributed by atoms with Crippen LogP contribution in [0.1, 0.15) is 65.6 Å². The smallest absolute Gasteiger partial charge is 0.270 e. The Kier molecular flexibility index (Phi) is 3.90. The fourth-order valence-corrected chi connectivity index (χ4v) is 2.13. The number of aromatic amines is 1. The molecule has 0 aromatic carbocycles. The van der Waals surface area contributed by atoms with Crippen LogP contribution in [0.15, 0.2) is 4.79 Å². The topological polar surface area (TPSA) is 37.8 Å². The summed E-state index contributed by atoms with van der Waals surface area (Å²) in [4.78, 5) is 12.4. The van der Waals surface area contributed by atoms with Crippen LogP contribution in [0, 0.1) is 5.92 Å². The predicted molar refractivity (Wildman–Crippen MR) is 72.7 cm³/mol. The van der Waals surface area contributed by atoms with E-state index in [9.17, 15) is 4.79 Å². The highest BCUT2D eigenvalue weighted by molar-refractivity contribution is 5.22. The maximum absolute atomic E-state index is 12.4. The molecule has 0 radical (unpaired) electrons. The zero-order valence-electron chi connectivity index (χ0n) is 12.2. The highest BCUT2D eigenvalue weighted by Gasteiger charge is 2.23. The normalized spacial score (nSPS) is 12.8. The molecule has 1 rings (SSSR count). The van der Waals surface area contributed by atoms with E-state index in [0.29, 0.717) is 5.92 Å². The van der Waals surface area contributed by atoms with Gasteiger partial charge in [0.1, 0.15) is 0 Å². The Balaban J connectivity index is 3.36. The Labute approximate surface area is 104 Å². The van der Waals surface area contributed by atoms with Crippen molar-refractivity contribution in [1.82, 2.24) is 9.78 Å². The molecule has 0 atom stereocenters. The summed E-state index contributed by atoms with van der Waals surface area (Å²) in [5, 5.41) is 3.31. The van der Waals surface area contributed by atoms with Gasteiger partial charge in [0, 0.05) is 11.3 Å². The average Bonchev–Trinajstić information content (AvgIpc) is 2.40. The van der Waals surface area contributed by atoms with Crippen molar-refractivity contribution in [3.8, 4) is 0 Å². The first-order valence-corrected chi connectivity index (χ1v) is 6.48. The molecule has 98 valence electrons. The molecule has 0 amide bonds. The van der Waals surface area contributed by atoms with Gasteiger partial charge in [-0.2, -0.15) is 0 Å². The van der Waals surface area contributed by atoms with Crippen LogP contribution < -0.4 is 5.56 Å². The number of hydrogen-bond acceptors (Lipinski definition) is 1. The molecule has 0 bridgehead atoms. The van der Waals surface area contributed by atoms with E-state index in [4.69, 9.17) is 0 Å². The standard InChI is InChI=1S/C14H26N2O/c1-9(2)8-11-12(10(3)4)13(17)16(15-11)14(5,6)7/h9-10,15H,8H2,1-7H3. The lowest BCUT2D eigenvalue weighted by Crippen LogP contribution is -2.33. The van der Waals surface area contributed by atoms with Crippen molar-refractivity contribution in [2.75, 3.05) is 0 Å². The molecule has 1 aromatic rings. The summed E-state index contributed by atoms with van der Waals surface area (Å²) in [5.41, 5.74) is 2.02. The second-order valence-corrected chi connectivity index (χ2v) is 6.57. The van der Waals surface area contributed by atoms with Gasteiger partial charge in [-0.1, -0.05) is 27.7 Å². The van der Waals surface area contributed by atoms with Crippen LogP contribution in [0.4, 0.5) is 0 Å². The van der Waals surface area contributed by atoms with E-state index in [1.54, 1.807) is 4.68 Å². The predicted octanol–water partition coefficient (Wildman–Crippen LogP) is 3.25. The van der Waals surface area contributed by atoms with E-state index in [1.165, 1.54) is 0 Å². The van der Waals surface area contributed by atoms with Crippen LogP contribution in [0.5, 0.6) is 0 Å². The van der Waals surface area contributed by atoms with E-state index in [1.807, 2.05) is 20.8 Å². The van der Waals surface area contributed by atoms with Crippen molar-refractivity contribution in [3.63, 3.8) is 0 Å². The van der Waals surface area contributed by atoms with Gasteiger partial charge in [0.15, 0.2) is 0 Å². The van der Waals surface area contributed by atoms with Gasteiger partial charge < -0.3 is 0 Å². The molecule has 0 saturated carbocycles. The van der Waals surface area contributed by atoms with Crippen molar-refractivity contribution in [2.45, 2.75) is 66.3 Å². The summed E-state index contributed by atoms with van der Waals surface area (Å²) in [6.07, 6.45) is 0.936. The fraction of sp³-hybridized carbons (Fsp3) is 0.786. The molecule has 0 spiro atoms. The molecular formula is C14H26N2O. The van der Waals surface area contributed by atoms with Gasteiger partial charge in [-0.25, -0.2) is 4.68 Å². The summed E-state index contributed by atoms with van der Waals surface area (Å²) in [6, 6.07) is 0. The minimum absolute atomic E-state index is 0.142. The molecule has 0 saturated heterocycles. The Hall–Kier alpha value is -0.990. The molecule has 0 aliphatic rings. The lowest BCUT2D eigenvalue weighted by atomic mass is 9.98. The van der Waals surface area contributed by atoms with Crippen LogP contribution >= 0.6 is 0 Å². The maximum Gasteiger partial charge on any atom is 0.270 e. The third-order valence-corrected chi connectivity index (χ3v) is 2.87. The molecule has 1 aromatic heterocycles. The van der Waals surface area contributed by atoms with Crippen molar-refractivity contribution in [3.05, 3.63) is 21.6 Å². The van der Waals surface area contributed by atoms with E-state index >= 15 is 0 Å². The van der Waals surface area contributed by atoms with Gasteiger partial charge >= 0.3 is 0 Å². The molecule has 1 heterocycles. The highest BCUT2D eigenvalue weighted by Crippen LogP contribution is 2.20. The Morgan fingerprint density at radius 3 is 2.06 bits per heavy atom. The highest BCUT2D eigenvalue weighted by atomic mass is 16.1. The molecule has 0 unspecified atom stereocenters. The van der Waals surface area contributed by atoms with E-state index < -0.39 is 0 Å². The third-order valence-electron chi connectivity index (χ3n) is 2.87. The van der Waals surface area contributed by atoms with Gasteiger partial charge in [-0.05, 0) is 39.0 Å². The first kappa shape index (κ1) is 14.1. The largest absolute Gasteiger partial charge is 0.299 e. The molecular weight excluding hydrogens is 212 g/mol. The quantitative estimate of drug-likeness (QED) is 0.862. The second kappa shape index (κ2) is 4.71. The Bertz CT molecular complexity index is 430. The van der Waals surface area contributed by atoms with E-state index in [0.717, 1.165) is 17.7 Å². The van der Waals surface area contributed by atoms with Crippen LogP contribution in [0.25, 0.3) is 0 Å². The van der Waals surface area contributed by atoms with Crippen LogP contribution in [0.2, 0.25) is 0 Å². The number of nitrogens with zero attached hydrogens (tertiary/aromatic N) is 1. The van der Waals surface area contributed by atoms with Crippen LogP contribution in [-0.2, 0) is 12.0 Å². The molecule has 3 heteroatoms. The average molecular weight is 238 g/mol. The summed E-state index contributed by atoms with van der Waals surface area (Å²) in [7, 11) is 0. The van der Waals surface area contributed by atoms with Gasteiger partial charge in [-0.15, -0.1) is 0 Å². The number of aromatic nitrogens is 2. The van der Waals surface area contributed by atoms with Gasteiger partial charge in [0.05, 0.1) is 5.54 Å². The van der Waals surface area contributed by atoms with E-state index in [2.05, 4.69) is 32.8 Å². The molecule has 0 aliphatic carbocycles. The van der Waals surface area contributed by atoms with Crippen LogP contribution in [-0.4, -0.2) is 9.78 Å². The molecule has 1 N–H and O–H groups in total. The summed E-state index contributed by atoms with van der Waals surface area (Å²) in [5.74, 6) is 0.829. The number of rotatable bonds is 3. The third kappa shape index (κ3) is 3.02. The minimum atomic E-state index is -0.185. The maximum atomic E-state index is 12.4. The van der Waals surface area contributed by atoms with Gasteiger partial charge in [0.2, 0.25) is 0 Å². The zero-order chi connectivity index (χ0) is 13.4. The van der Waals surface area contributed by atoms with Crippen LogP contribution in [0.3, 0.4) is 0 Å². The van der Waals surface area contributed by atoms with Gasteiger partial charge in [-0.3, -0.25) is 9.89 Å². The first-order chi connectivity index (χ1) is 7.64. The summed E-state index contributed by atoms with van der Waals surface area (Å²) < 4.78 is 1.76. The fourth-order valence-electron chi connectivity index (χ4n) is 2.13.